The Kier molecular flexibility index (Phi) is 6.78. The number of hydrogen-bond donors (Lipinski definition) is 3. The second kappa shape index (κ2) is 7.26. The molecule has 0 spiro atoms. The molecule has 0 atom stereocenters. The highest BCUT2D eigenvalue weighted by Gasteiger charge is 1.92. The molecule has 0 fully saturated rings. The lowest BCUT2D eigenvalue weighted by molar-refractivity contribution is 0.490. The lowest BCUT2D eigenvalue weighted by Gasteiger charge is -1.97. The zero-order valence-corrected chi connectivity index (χ0v) is 10.4. The van der Waals surface area contributed by atoms with E-state index >= 15 is 0 Å². The Balaban J connectivity index is 0.000000385. The predicted molar refractivity (Wildman–Crippen MR) is 67.1 cm³/mol. The van der Waals surface area contributed by atoms with E-state index in [9.17, 15) is 8.42 Å². The Bertz CT molecular complexity index is 410. The average molecular weight is 262 g/mol. The fourth-order valence-electron chi connectivity index (χ4n) is 0.735. The van der Waals surface area contributed by atoms with Crippen LogP contribution in [-0.4, -0.2) is 24.4 Å². The Morgan fingerprint density at radius 3 is 2.25 bits per heavy atom. The van der Waals surface area contributed by atoms with E-state index in [1.807, 2.05) is 30.3 Å². The number of amidine groups is 1. The molecule has 5 nitrogen and oxygen atoms in total. The van der Waals surface area contributed by atoms with Crippen molar-refractivity contribution >= 4 is 27.0 Å². The van der Waals surface area contributed by atoms with Gasteiger partial charge in [-0.3, -0.25) is 9.96 Å². The summed E-state index contributed by atoms with van der Waals surface area (Å²) in [7, 11) is -3.67. The van der Waals surface area contributed by atoms with Crippen LogP contribution in [0, 0.1) is 5.41 Å². The lowest BCUT2D eigenvalue weighted by Crippen LogP contribution is -2.03. The third kappa shape index (κ3) is 12.9. The van der Waals surface area contributed by atoms with Crippen LogP contribution in [-0.2, 0) is 15.9 Å². The van der Waals surface area contributed by atoms with Gasteiger partial charge < -0.3 is 5.73 Å². The summed E-state index contributed by atoms with van der Waals surface area (Å²) in [5, 5.41) is 7.16. The molecule has 0 bridgehead atoms. The van der Waals surface area contributed by atoms with Crippen molar-refractivity contribution in [3.63, 3.8) is 0 Å². The van der Waals surface area contributed by atoms with E-state index in [4.69, 9.17) is 15.7 Å². The number of nitrogens with one attached hydrogen (secondary N) is 1. The highest BCUT2D eigenvalue weighted by Crippen LogP contribution is 2.09. The number of benzene rings is 1. The summed E-state index contributed by atoms with van der Waals surface area (Å²) in [5.74, 6) is 0.788. The molecule has 1 aromatic carbocycles. The van der Waals surface area contributed by atoms with Crippen LogP contribution >= 0.6 is 11.8 Å². The quantitative estimate of drug-likeness (QED) is 0.423. The summed E-state index contributed by atoms with van der Waals surface area (Å²) in [6, 6.07) is 9.99. The van der Waals surface area contributed by atoms with Crippen molar-refractivity contribution < 1.29 is 13.0 Å². The van der Waals surface area contributed by atoms with Crippen molar-refractivity contribution in [3.8, 4) is 0 Å². The predicted octanol–water partition coefficient (Wildman–Crippen LogP) is 1.32. The minimum absolute atomic E-state index is 0.175. The monoisotopic (exact) mass is 262 g/mol. The van der Waals surface area contributed by atoms with E-state index in [1.165, 1.54) is 17.3 Å². The Labute approximate surface area is 99.3 Å². The topological polar surface area (TPSA) is 104 Å². The van der Waals surface area contributed by atoms with Crippen LogP contribution in [0.2, 0.25) is 0 Å². The largest absolute Gasteiger partial charge is 0.379 e. The Morgan fingerprint density at radius 2 is 1.88 bits per heavy atom. The maximum Gasteiger partial charge on any atom is 0.261 e. The van der Waals surface area contributed by atoms with Crippen LogP contribution in [0.4, 0.5) is 0 Å². The van der Waals surface area contributed by atoms with Gasteiger partial charge in [-0.25, -0.2) is 0 Å². The zero-order valence-electron chi connectivity index (χ0n) is 8.75. The number of rotatable bonds is 2. The molecular weight excluding hydrogens is 248 g/mol. The molecule has 0 amide bonds. The van der Waals surface area contributed by atoms with Crippen molar-refractivity contribution in [1.29, 1.82) is 5.41 Å². The molecule has 0 aliphatic heterocycles. The molecule has 4 N–H and O–H groups in total. The minimum Gasteiger partial charge on any atom is -0.379 e. The maximum absolute atomic E-state index is 9.19. The van der Waals surface area contributed by atoms with Crippen LogP contribution in [0.25, 0.3) is 0 Å². The van der Waals surface area contributed by atoms with Gasteiger partial charge in [0.1, 0.15) is 0 Å². The Hall–Kier alpha value is -1.05. The standard InChI is InChI=1S/C8H10N2S.CH4O3S/c9-8(10)11-6-7-4-2-1-3-5-7;1-5(2,3)4/h1-5H,6H2,(H3,9,10);1H3,(H,2,3,4). The van der Waals surface area contributed by atoms with Gasteiger partial charge in [0.2, 0.25) is 0 Å². The lowest BCUT2D eigenvalue weighted by atomic mass is 10.2. The van der Waals surface area contributed by atoms with E-state index in [0.29, 0.717) is 6.26 Å². The smallest absolute Gasteiger partial charge is 0.261 e. The fraction of sp³-hybridized carbons (Fsp3) is 0.222. The highest BCUT2D eigenvalue weighted by atomic mass is 32.2. The van der Waals surface area contributed by atoms with Crippen LogP contribution in [0.15, 0.2) is 30.3 Å². The average Bonchev–Trinajstić information content (AvgIpc) is 2.14. The number of nitrogens with two attached hydrogens (primary N) is 1. The zero-order chi connectivity index (χ0) is 12.6. The van der Waals surface area contributed by atoms with Gasteiger partial charge in [-0.15, -0.1) is 0 Å². The highest BCUT2D eigenvalue weighted by molar-refractivity contribution is 8.13. The molecule has 0 unspecified atom stereocenters. The summed E-state index contributed by atoms with van der Waals surface area (Å²) < 4.78 is 25.9. The van der Waals surface area contributed by atoms with Crippen LogP contribution < -0.4 is 5.73 Å². The van der Waals surface area contributed by atoms with E-state index in [1.54, 1.807) is 0 Å². The molecule has 7 heteroatoms. The normalized spacial score (nSPS) is 10.1. The molecule has 0 heterocycles. The molecule has 0 radical (unpaired) electrons. The third-order valence-corrected chi connectivity index (χ3v) is 2.03. The molecule has 0 saturated heterocycles. The molecule has 0 aromatic heterocycles. The van der Waals surface area contributed by atoms with Gasteiger partial charge >= 0.3 is 0 Å². The van der Waals surface area contributed by atoms with Crippen molar-refractivity contribution in [3.05, 3.63) is 35.9 Å². The van der Waals surface area contributed by atoms with E-state index in [2.05, 4.69) is 0 Å². The number of thioether (sulfide) groups is 1. The maximum atomic E-state index is 9.19. The summed E-state index contributed by atoms with van der Waals surface area (Å²) in [5.41, 5.74) is 6.39. The second-order valence-corrected chi connectivity index (χ2v) is 5.35. The van der Waals surface area contributed by atoms with E-state index in [0.717, 1.165) is 5.75 Å². The summed E-state index contributed by atoms with van der Waals surface area (Å²) in [6.45, 7) is 0. The first-order valence-corrected chi connectivity index (χ1v) is 7.05. The molecule has 0 saturated carbocycles. The third-order valence-electron chi connectivity index (χ3n) is 1.24. The summed E-state index contributed by atoms with van der Waals surface area (Å²) in [4.78, 5) is 0. The molecule has 16 heavy (non-hydrogen) atoms. The first-order chi connectivity index (χ1) is 7.29. The SMILES string of the molecule is CS(=O)(=O)O.N=C(N)SCc1ccccc1. The van der Waals surface area contributed by atoms with Gasteiger partial charge in [-0.2, -0.15) is 8.42 Å². The molecule has 90 valence electrons. The minimum atomic E-state index is -3.67. The fourth-order valence-corrected chi connectivity index (χ4v) is 1.25. The summed E-state index contributed by atoms with van der Waals surface area (Å²) >= 11 is 1.35. The Morgan fingerprint density at radius 1 is 1.44 bits per heavy atom. The van der Waals surface area contributed by atoms with Crippen LogP contribution in [0.5, 0.6) is 0 Å². The first-order valence-electron chi connectivity index (χ1n) is 4.22. The molecular formula is C9H14N2O3S2. The summed E-state index contributed by atoms with van der Waals surface area (Å²) in [6.07, 6.45) is 0.715. The molecule has 0 aliphatic rings. The van der Waals surface area contributed by atoms with Gasteiger partial charge in [-0.05, 0) is 5.56 Å². The van der Waals surface area contributed by atoms with Crippen LogP contribution in [0.3, 0.4) is 0 Å². The van der Waals surface area contributed by atoms with Crippen molar-refractivity contribution in [2.24, 2.45) is 5.73 Å². The van der Waals surface area contributed by atoms with Crippen molar-refractivity contribution in [2.45, 2.75) is 5.75 Å². The molecule has 1 aromatic rings. The van der Waals surface area contributed by atoms with Gasteiger partial charge in [0, 0.05) is 5.75 Å². The van der Waals surface area contributed by atoms with Gasteiger partial charge in [-0.1, -0.05) is 42.1 Å². The van der Waals surface area contributed by atoms with Gasteiger partial charge in [0.05, 0.1) is 6.26 Å². The first kappa shape index (κ1) is 14.9. The second-order valence-electron chi connectivity index (χ2n) is 2.87. The van der Waals surface area contributed by atoms with E-state index in [-0.39, 0.29) is 5.17 Å². The molecule has 0 aliphatic carbocycles. The van der Waals surface area contributed by atoms with Crippen LogP contribution in [0.1, 0.15) is 5.56 Å². The van der Waals surface area contributed by atoms with Crippen molar-refractivity contribution in [2.75, 3.05) is 6.26 Å². The van der Waals surface area contributed by atoms with Crippen molar-refractivity contribution in [1.82, 2.24) is 0 Å². The molecule has 1 rings (SSSR count). The van der Waals surface area contributed by atoms with Gasteiger partial charge in [0.15, 0.2) is 5.17 Å². The van der Waals surface area contributed by atoms with Gasteiger partial charge in [0.25, 0.3) is 10.1 Å². The number of hydrogen-bond acceptors (Lipinski definition) is 4. The van der Waals surface area contributed by atoms with E-state index < -0.39 is 10.1 Å².